The number of carbonyl (C=O) groups excluding carboxylic acids is 1. The first kappa shape index (κ1) is 26.0. The molecule has 37 heavy (non-hydrogen) atoms. The Hall–Kier alpha value is -4.12. The van der Waals surface area contributed by atoms with E-state index in [4.69, 9.17) is 18.6 Å². The summed E-state index contributed by atoms with van der Waals surface area (Å²) >= 11 is 0. The monoisotopic (exact) mass is 509 g/mol. The fourth-order valence-corrected chi connectivity index (χ4v) is 3.74. The van der Waals surface area contributed by atoms with E-state index in [1.165, 1.54) is 15.7 Å². The van der Waals surface area contributed by atoms with Crippen molar-refractivity contribution in [2.45, 2.75) is 45.8 Å². The maximum atomic E-state index is 13.5. The van der Waals surface area contributed by atoms with Gasteiger partial charge in [-0.2, -0.15) is 4.52 Å². The Bertz CT molecular complexity index is 1360. The molecule has 1 amide bonds. The molecule has 4 aromatic rings. The molecule has 3 heterocycles. The molecule has 0 fully saturated rings. The van der Waals surface area contributed by atoms with Gasteiger partial charge in [-0.05, 0) is 63.4 Å². The van der Waals surface area contributed by atoms with Crippen LogP contribution in [0.1, 0.15) is 38.3 Å². The van der Waals surface area contributed by atoms with Crippen LogP contribution in [0, 0.1) is 0 Å². The SMILES string of the molecule is COc1ccc(CN(C(=O)OC(C)(C)C)c2ncc(CCCO)c3nc(-c4ccco4)nn23)cc1OC. The Morgan fingerprint density at radius 2 is 1.95 bits per heavy atom. The first-order chi connectivity index (χ1) is 17.7. The maximum Gasteiger partial charge on any atom is 0.417 e. The third-order valence-electron chi connectivity index (χ3n) is 5.41. The van der Waals surface area contributed by atoms with Crippen LogP contribution in [-0.4, -0.2) is 57.2 Å². The Kier molecular flexibility index (Phi) is 7.63. The molecule has 1 aromatic carbocycles. The number of rotatable bonds is 9. The number of fused-ring (bicyclic) bond motifs is 1. The topological polar surface area (TPSA) is 124 Å². The van der Waals surface area contributed by atoms with Crippen molar-refractivity contribution in [3.8, 4) is 23.1 Å². The molecular formula is C26H31N5O6. The van der Waals surface area contributed by atoms with Crippen LogP contribution in [0.15, 0.2) is 47.2 Å². The molecule has 0 aliphatic carbocycles. The number of furan rings is 1. The normalized spacial score (nSPS) is 11.5. The van der Waals surface area contributed by atoms with Crippen LogP contribution in [0.25, 0.3) is 17.2 Å². The predicted molar refractivity (Wildman–Crippen MR) is 136 cm³/mol. The zero-order chi connectivity index (χ0) is 26.6. The first-order valence-corrected chi connectivity index (χ1v) is 11.8. The summed E-state index contributed by atoms with van der Waals surface area (Å²) in [6.45, 7) is 5.53. The van der Waals surface area contributed by atoms with Crippen LogP contribution >= 0.6 is 0 Å². The van der Waals surface area contributed by atoms with E-state index in [9.17, 15) is 9.90 Å². The number of aromatic nitrogens is 4. The van der Waals surface area contributed by atoms with E-state index in [1.807, 2.05) is 6.07 Å². The van der Waals surface area contributed by atoms with Crippen molar-refractivity contribution in [1.29, 1.82) is 0 Å². The molecule has 0 unspecified atom stereocenters. The fourth-order valence-electron chi connectivity index (χ4n) is 3.74. The molecule has 0 bridgehead atoms. The molecule has 0 spiro atoms. The number of aliphatic hydroxyl groups is 1. The summed E-state index contributed by atoms with van der Waals surface area (Å²) in [6, 6.07) is 8.90. The van der Waals surface area contributed by atoms with E-state index in [0.717, 1.165) is 11.1 Å². The smallest absolute Gasteiger partial charge is 0.417 e. The van der Waals surface area contributed by atoms with Crippen molar-refractivity contribution in [3.05, 3.63) is 53.9 Å². The van der Waals surface area contributed by atoms with Gasteiger partial charge in [-0.3, -0.25) is 0 Å². The van der Waals surface area contributed by atoms with Crippen LogP contribution in [0.2, 0.25) is 0 Å². The number of methoxy groups -OCH3 is 2. The Labute approximate surface area is 214 Å². The number of nitrogens with zero attached hydrogens (tertiary/aromatic N) is 5. The van der Waals surface area contributed by atoms with E-state index >= 15 is 0 Å². The van der Waals surface area contributed by atoms with E-state index in [0.29, 0.717) is 41.6 Å². The standard InChI is InChI=1S/C26H31N5O6/c1-26(2,3)37-25(33)30(16-17-10-11-19(34-4)21(14-17)35-5)24-27-15-18(8-6-12-32)23-28-22(29-31(23)24)20-9-7-13-36-20/h7,9-11,13-15,32H,6,8,12,16H2,1-5H3. The molecule has 0 radical (unpaired) electrons. The highest BCUT2D eigenvalue weighted by atomic mass is 16.6. The lowest BCUT2D eigenvalue weighted by Gasteiger charge is -2.27. The van der Waals surface area contributed by atoms with E-state index in [-0.39, 0.29) is 19.1 Å². The minimum atomic E-state index is -0.741. The van der Waals surface area contributed by atoms with Gasteiger partial charge < -0.3 is 23.7 Å². The Balaban J connectivity index is 1.84. The number of carbonyl (C=O) groups is 1. The molecule has 1 N–H and O–H groups in total. The average Bonchev–Trinajstić information content (AvgIpc) is 3.55. The molecule has 0 saturated heterocycles. The second-order valence-electron chi connectivity index (χ2n) is 9.31. The van der Waals surface area contributed by atoms with Crippen molar-refractivity contribution in [2.24, 2.45) is 0 Å². The molecule has 0 atom stereocenters. The largest absolute Gasteiger partial charge is 0.493 e. The summed E-state index contributed by atoms with van der Waals surface area (Å²) in [7, 11) is 3.11. The number of hydrogen-bond donors (Lipinski definition) is 1. The average molecular weight is 510 g/mol. The molecule has 0 aliphatic heterocycles. The van der Waals surface area contributed by atoms with E-state index in [2.05, 4.69) is 15.1 Å². The molecule has 11 heteroatoms. The highest BCUT2D eigenvalue weighted by Gasteiger charge is 2.28. The second-order valence-corrected chi connectivity index (χ2v) is 9.31. The van der Waals surface area contributed by atoms with Gasteiger partial charge in [-0.15, -0.1) is 5.10 Å². The number of anilines is 1. The minimum absolute atomic E-state index is 0.0242. The van der Waals surface area contributed by atoms with Gasteiger partial charge in [0, 0.05) is 18.4 Å². The number of hydrogen-bond acceptors (Lipinski definition) is 9. The number of ether oxygens (including phenoxy) is 3. The number of amides is 1. The fraction of sp³-hybridized carbons (Fsp3) is 0.385. The van der Waals surface area contributed by atoms with Gasteiger partial charge >= 0.3 is 6.09 Å². The molecular weight excluding hydrogens is 478 g/mol. The van der Waals surface area contributed by atoms with Crippen molar-refractivity contribution in [1.82, 2.24) is 19.6 Å². The van der Waals surface area contributed by atoms with Crippen LogP contribution < -0.4 is 14.4 Å². The number of aliphatic hydroxyl groups excluding tert-OH is 1. The molecule has 0 aliphatic rings. The third-order valence-corrected chi connectivity index (χ3v) is 5.41. The molecule has 0 saturated carbocycles. The van der Waals surface area contributed by atoms with Crippen LogP contribution in [-0.2, 0) is 17.7 Å². The van der Waals surface area contributed by atoms with Gasteiger partial charge in [0.05, 0.1) is 27.0 Å². The first-order valence-electron chi connectivity index (χ1n) is 11.8. The van der Waals surface area contributed by atoms with Crippen molar-refractivity contribution in [3.63, 3.8) is 0 Å². The van der Waals surface area contributed by atoms with Crippen molar-refractivity contribution >= 4 is 17.7 Å². The quantitative estimate of drug-likeness (QED) is 0.352. The van der Waals surface area contributed by atoms with E-state index in [1.54, 1.807) is 65.5 Å². The summed E-state index contributed by atoms with van der Waals surface area (Å²) in [5.74, 6) is 2.15. The summed E-state index contributed by atoms with van der Waals surface area (Å²) in [5.41, 5.74) is 1.30. The highest BCUT2D eigenvalue weighted by Crippen LogP contribution is 2.30. The highest BCUT2D eigenvalue weighted by molar-refractivity contribution is 5.86. The zero-order valence-corrected chi connectivity index (χ0v) is 21.6. The lowest BCUT2D eigenvalue weighted by molar-refractivity contribution is 0.0574. The van der Waals surface area contributed by atoms with Crippen molar-refractivity contribution < 1.29 is 28.5 Å². The van der Waals surface area contributed by atoms with Crippen LogP contribution in [0.4, 0.5) is 10.7 Å². The predicted octanol–water partition coefficient (Wildman–Crippen LogP) is 4.27. The number of aryl methyl sites for hydroxylation is 1. The van der Waals surface area contributed by atoms with Gasteiger partial charge in [0.15, 0.2) is 22.9 Å². The Morgan fingerprint density at radius 1 is 1.16 bits per heavy atom. The third kappa shape index (κ3) is 5.83. The lowest BCUT2D eigenvalue weighted by Crippen LogP contribution is -2.38. The summed E-state index contributed by atoms with van der Waals surface area (Å²) in [4.78, 5) is 24.1. The van der Waals surface area contributed by atoms with Crippen molar-refractivity contribution in [2.75, 3.05) is 25.7 Å². The van der Waals surface area contributed by atoms with Gasteiger partial charge in [0.25, 0.3) is 0 Å². The summed E-state index contributed by atoms with van der Waals surface area (Å²) in [5, 5.41) is 14.0. The Morgan fingerprint density at radius 3 is 2.59 bits per heavy atom. The van der Waals surface area contributed by atoms with Gasteiger partial charge in [0.1, 0.15) is 5.60 Å². The molecule has 4 rings (SSSR count). The van der Waals surface area contributed by atoms with Crippen LogP contribution in [0.3, 0.4) is 0 Å². The zero-order valence-electron chi connectivity index (χ0n) is 21.6. The van der Waals surface area contributed by atoms with Gasteiger partial charge in [-0.25, -0.2) is 19.7 Å². The van der Waals surface area contributed by atoms with Gasteiger partial charge in [-0.1, -0.05) is 6.07 Å². The van der Waals surface area contributed by atoms with Crippen LogP contribution in [0.5, 0.6) is 11.5 Å². The molecule has 3 aromatic heterocycles. The minimum Gasteiger partial charge on any atom is -0.493 e. The molecule has 11 nitrogen and oxygen atoms in total. The van der Waals surface area contributed by atoms with Gasteiger partial charge in [0.2, 0.25) is 11.8 Å². The summed E-state index contributed by atoms with van der Waals surface area (Å²) < 4.78 is 23.5. The van der Waals surface area contributed by atoms with E-state index < -0.39 is 11.7 Å². The second kappa shape index (κ2) is 10.9. The molecule has 196 valence electrons. The lowest BCUT2D eigenvalue weighted by atomic mass is 10.2. The summed E-state index contributed by atoms with van der Waals surface area (Å²) in [6.07, 6.45) is 3.64. The maximum absolute atomic E-state index is 13.5. The number of benzene rings is 1.